The van der Waals surface area contributed by atoms with Crippen molar-refractivity contribution in [2.24, 2.45) is 0 Å². The molecule has 1 saturated heterocycles. The topological polar surface area (TPSA) is 108 Å². The van der Waals surface area contributed by atoms with Gasteiger partial charge in [-0.25, -0.2) is 14.4 Å². The molecular weight excluding hydrogens is 452 g/mol. The van der Waals surface area contributed by atoms with Crippen LogP contribution >= 0.6 is 0 Å². The van der Waals surface area contributed by atoms with Gasteiger partial charge in [0.05, 0.1) is 22.8 Å². The van der Waals surface area contributed by atoms with E-state index < -0.39 is 42.5 Å². The Balaban J connectivity index is 1.47. The van der Waals surface area contributed by atoms with Crippen molar-refractivity contribution in [1.82, 2.24) is 0 Å². The lowest BCUT2D eigenvalue weighted by molar-refractivity contribution is -0.251. The third-order valence-corrected chi connectivity index (χ3v) is 5.40. The SMILES string of the molecule is O=C(OC[C@@H]1C[C@H](OC(=O)c2ccccc2)[C@@H](OC(=O)c2ccccc2)[C@@H](O)O1)c1ccccc1. The van der Waals surface area contributed by atoms with Crippen LogP contribution < -0.4 is 0 Å². The average Bonchev–Trinajstić information content (AvgIpc) is 2.90. The van der Waals surface area contributed by atoms with E-state index in [9.17, 15) is 19.5 Å². The Morgan fingerprint density at radius 3 is 1.69 bits per heavy atom. The highest BCUT2D eigenvalue weighted by atomic mass is 16.7. The zero-order valence-electron chi connectivity index (χ0n) is 18.7. The molecule has 0 spiro atoms. The predicted octanol–water partition coefficient (Wildman–Crippen LogP) is 3.40. The van der Waals surface area contributed by atoms with E-state index in [1.807, 2.05) is 0 Å². The van der Waals surface area contributed by atoms with Gasteiger partial charge < -0.3 is 24.1 Å². The van der Waals surface area contributed by atoms with E-state index in [2.05, 4.69) is 0 Å². The summed E-state index contributed by atoms with van der Waals surface area (Å²) in [6.07, 6.45) is -4.69. The van der Waals surface area contributed by atoms with Gasteiger partial charge in [-0.15, -0.1) is 0 Å². The van der Waals surface area contributed by atoms with E-state index in [0.29, 0.717) is 11.1 Å². The summed E-state index contributed by atoms with van der Waals surface area (Å²) in [6.45, 7) is -0.191. The molecule has 35 heavy (non-hydrogen) atoms. The van der Waals surface area contributed by atoms with Crippen LogP contribution in [0.3, 0.4) is 0 Å². The van der Waals surface area contributed by atoms with Crippen LogP contribution in [0.5, 0.6) is 0 Å². The van der Waals surface area contributed by atoms with Crippen LogP contribution in [0.25, 0.3) is 0 Å². The number of hydrogen-bond acceptors (Lipinski definition) is 8. The maximum Gasteiger partial charge on any atom is 0.338 e. The molecule has 0 amide bonds. The minimum Gasteiger partial charge on any atom is -0.459 e. The largest absolute Gasteiger partial charge is 0.459 e. The molecule has 3 aromatic carbocycles. The highest BCUT2D eigenvalue weighted by Gasteiger charge is 2.43. The number of esters is 3. The van der Waals surface area contributed by atoms with Crippen molar-refractivity contribution >= 4 is 17.9 Å². The van der Waals surface area contributed by atoms with Crippen LogP contribution in [0.15, 0.2) is 91.0 Å². The summed E-state index contributed by atoms with van der Waals surface area (Å²) in [7, 11) is 0. The third-order valence-electron chi connectivity index (χ3n) is 5.40. The number of carbonyl (C=O) groups excluding carboxylic acids is 3. The Kier molecular flexibility index (Phi) is 7.87. The minimum atomic E-state index is -1.61. The van der Waals surface area contributed by atoms with Gasteiger partial charge >= 0.3 is 17.9 Å². The molecule has 8 nitrogen and oxygen atoms in total. The van der Waals surface area contributed by atoms with Gasteiger partial charge in [0.1, 0.15) is 12.7 Å². The first kappa shape index (κ1) is 24.1. The Hall–Kier alpha value is -4.01. The first-order valence-electron chi connectivity index (χ1n) is 11.1. The van der Waals surface area contributed by atoms with E-state index in [0.717, 1.165) is 0 Å². The predicted molar refractivity (Wildman–Crippen MR) is 124 cm³/mol. The molecule has 1 N–H and O–H groups in total. The van der Waals surface area contributed by atoms with Crippen LogP contribution in [0.4, 0.5) is 0 Å². The molecule has 0 radical (unpaired) electrons. The van der Waals surface area contributed by atoms with Crippen molar-refractivity contribution in [2.45, 2.75) is 31.0 Å². The summed E-state index contributed by atoms with van der Waals surface area (Å²) >= 11 is 0. The van der Waals surface area contributed by atoms with Crippen LogP contribution in [-0.4, -0.2) is 54.2 Å². The Bertz CT molecular complexity index is 1130. The van der Waals surface area contributed by atoms with Gasteiger partial charge in [-0.1, -0.05) is 54.6 Å². The molecule has 180 valence electrons. The van der Waals surface area contributed by atoms with Gasteiger partial charge in [0, 0.05) is 6.42 Å². The van der Waals surface area contributed by atoms with Crippen LogP contribution in [0.1, 0.15) is 37.5 Å². The van der Waals surface area contributed by atoms with Gasteiger partial charge in [0.2, 0.25) is 0 Å². The van der Waals surface area contributed by atoms with Crippen molar-refractivity contribution in [3.8, 4) is 0 Å². The maximum atomic E-state index is 12.7. The van der Waals surface area contributed by atoms with E-state index in [1.165, 1.54) is 0 Å². The van der Waals surface area contributed by atoms with Crippen molar-refractivity contribution in [3.63, 3.8) is 0 Å². The molecule has 1 aliphatic heterocycles. The molecule has 1 heterocycles. The van der Waals surface area contributed by atoms with E-state index in [1.54, 1.807) is 91.0 Å². The number of carbonyl (C=O) groups is 3. The fourth-order valence-corrected chi connectivity index (χ4v) is 3.64. The number of aliphatic hydroxyl groups excluding tert-OH is 1. The quantitative estimate of drug-likeness (QED) is 0.408. The summed E-state index contributed by atoms with van der Waals surface area (Å²) in [4.78, 5) is 37.6. The summed E-state index contributed by atoms with van der Waals surface area (Å²) in [5.41, 5.74) is 0.936. The van der Waals surface area contributed by atoms with Gasteiger partial charge in [-0.3, -0.25) is 0 Å². The summed E-state index contributed by atoms with van der Waals surface area (Å²) in [5.74, 6) is -1.90. The Labute approximate surface area is 202 Å². The molecule has 4 rings (SSSR count). The summed E-state index contributed by atoms with van der Waals surface area (Å²) in [6, 6.07) is 25.0. The summed E-state index contributed by atoms with van der Waals surface area (Å²) in [5, 5.41) is 10.6. The Morgan fingerprint density at radius 2 is 1.17 bits per heavy atom. The zero-order valence-corrected chi connectivity index (χ0v) is 18.7. The number of benzene rings is 3. The molecule has 0 bridgehead atoms. The van der Waals surface area contributed by atoms with Gasteiger partial charge in [-0.05, 0) is 36.4 Å². The first-order valence-corrected chi connectivity index (χ1v) is 11.1. The van der Waals surface area contributed by atoms with Crippen molar-refractivity contribution in [2.75, 3.05) is 6.61 Å². The molecule has 1 fully saturated rings. The highest BCUT2D eigenvalue weighted by molar-refractivity contribution is 5.90. The van der Waals surface area contributed by atoms with E-state index in [-0.39, 0.29) is 18.6 Å². The normalized spacial score (nSPS) is 21.5. The van der Waals surface area contributed by atoms with Crippen molar-refractivity contribution < 1.29 is 38.4 Å². The monoisotopic (exact) mass is 476 g/mol. The fourth-order valence-electron chi connectivity index (χ4n) is 3.64. The van der Waals surface area contributed by atoms with Gasteiger partial charge in [0.15, 0.2) is 12.4 Å². The maximum absolute atomic E-state index is 12.7. The first-order chi connectivity index (χ1) is 17.0. The molecular formula is C27H24O8. The molecule has 0 aromatic heterocycles. The lowest BCUT2D eigenvalue weighted by Gasteiger charge is -2.38. The second kappa shape index (κ2) is 11.4. The third kappa shape index (κ3) is 6.32. The van der Waals surface area contributed by atoms with Gasteiger partial charge in [0.25, 0.3) is 0 Å². The average molecular weight is 476 g/mol. The van der Waals surface area contributed by atoms with Gasteiger partial charge in [-0.2, -0.15) is 0 Å². The van der Waals surface area contributed by atoms with Crippen LogP contribution in [0, 0.1) is 0 Å². The fraction of sp³-hybridized carbons (Fsp3) is 0.222. The zero-order chi connectivity index (χ0) is 24.6. The van der Waals surface area contributed by atoms with Crippen molar-refractivity contribution in [1.29, 1.82) is 0 Å². The second-order valence-corrected chi connectivity index (χ2v) is 7.89. The molecule has 0 saturated carbocycles. The number of rotatable bonds is 7. The second-order valence-electron chi connectivity index (χ2n) is 7.89. The molecule has 3 aromatic rings. The highest BCUT2D eigenvalue weighted by Crippen LogP contribution is 2.26. The molecule has 1 aliphatic rings. The van der Waals surface area contributed by atoms with E-state index in [4.69, 9.17) is 18.9 Å². The molecule has 8 heteroatoms. The lowest BCUT2D eigenvalue weighted by atomic mass is 10.0. The molecule has 4 atom stereocenters. The van der Waals surface area contributed by atoms with Crippen molar-refractivity contribution in [3.05, 3.63) is 108 Å². The number of ether oxygens (including phenoxy) is 4. The summed E-state index contributed by atoms with van der Waals surface area (Å²) < 4.78 is 22.0. The lowest BCUT2D eigenvalue weighted by Crippen LogP contribution is -2.53. The minimum absolute atomic E-state index is 0.0322. The smallest absolute Gasteiger partial charge is 0.338 e. The Morgan fingerprint density at radius 1 is 0.714 bits per heavy atom. The molecule has 0 unspecified atom stereocenters. The van der Waals surface area contributed by atoms with Crippen LogP contribution in [-0.2, 0) is 18.9 Å². The van der Waals surface area contributed by atoms with Crippen LogP contribution in [0.2, 0.25) is 0 Å². The molecule has 0 aliphatic carbocycles. The standard InChI is InChI=1S/C27H24O8/c28-24(18-10-4-1-5-11-18)32-17-21-16-22(34-25(29)19-12-6-2-7-13-19)23(27(31)33-21)35-26(30)20-14-8-3-9-15-20/h1-15,21-23,27,31H,16-17H2/t21-,22-,23+,27-/m0/s1. The number of hydrogen-bond donors (Lipinski definition) is 1. The van der Waals surface area contributed by atoms with E-state index >= 15 is 0 Å². The number of aliphatic hydroxyl groups is 1.